The number of rotatable bonds is 4. The Morgan fingerprint density at radius 1 is 1.19 bits per heavy atom. The van der Waals surface area contributed by atoms with Crippen molar-refractivity contribution in [3.8, 4) is 11.3 Å². The predicted octanol–water partition coefficient (Wildman–Crippen LogP) is 6.47. The first-order chi connectivity index (χ1) is 12.4. The zero-order valence-electron chi connectivity index (χ0n) is 13.0. The Morgan fingerprint density at radius 3 is 2.62 bits per heavy atom. The summed E-state index contributed by atoms with van der Waals surface area (Å²) in [6.07, 6.45) is 0. The minimum Gasteiger partial charge on any atom is -0.459 e. The van der Waals surface area contributed by atoms with Gasteiger partial charge in [-0.3, -0.25) is 4.79 Å². The molecule has 3 rings (SSSR count). The average Bonchev–Trinajstić information content (AvgIpc) is 3.07. The SMILES string of the molecule is O=C(Nc1ccc(-c2ccc(CO)o2)c(Cl)c1)c1cc(Br)cc(Br)c1I. The van der Waals surface area contributed by atoms with Gasteiger partial charge in [0, 0.05) is 23.8 Å². The van der Waals surface area contributed by atoms with E-state index in [1.54, 1.807) is 36.4 Å². The van der Waals surface area contributed by atoms with Crippen molar-refractivity contribution in [2.45, 2.75) is 6.61 Å². The van der Waals surface area contributed by atoms with Crippen molar-refractivity contribution in [1.82, 2.24) is 0 Å². The molecular formula is C18H11Br2ClINO3. The van der Waals surface area contributed by atoms with E-state index in [9.17, 15) is 4.79 Å². The molecule has 0 unspecified atom stereocenters. The van der Waals surface area contributed by atoms with Crippen LogP contribution in [0, 0.1) is 3.57 Å². The van der Waals surface area contributed by atoms with Crippen LogP contribution in [0.1, 0.15) is 16.1 Å². The Balaban J connectivity index is 1.85. The van der Waals surface area contributed by atoms with Crippen molar-refractivity contribution < 1.29 is 14.3 Å². The highest BCUT2D eigenvalue weighted by atomic mass is 127. The van der Waals surface area contributed by atoms with Crippen molar-refractivity contribution >= 4 is 77.6 Å². The van der Waals surface area contributed by atoms with Crippen LogP contribution in [0.15, 0.2) is 55.8 Å². The van der Waals surface area contributed by atoms with Crippen LogP contribution in [0.4, 0.5) is 5.69 Å². The second-order valence-electron chi connectivity index (χ2n) is 5.32. The molecular weight excluding hydrogens is 600 g/mol. The molecule has 0 spiro atoms. The Kier molecular flexibility index (Phi) is 6.45. The van der Waals surface area contributed by atoms with E-state index in [0.29, 0.717) is 33.4 Å². The molecule has 0 aliphatic heterocycles. The molecule has 0 saturated carbocycles. The average molecular weight is 611 g/mol. The summed E-state index contributed by atoms with van der Waals surface area (Å²) in [4.78, 5) is 12.6. The molecule has 4 nitrogen and oxygen atoms in total. The summed E-state index contributed by atoms with van der Waals surface area (Å²) in [5.41, 5.74) is 1.81. The van der Waals surface area contributed by atoms with Gasteiger partial charge in [0.2, 0.25) is 0 Å². The Labute approximate surface area is 185 Å². The van der Waals surface area contributed by atoms with Crippen molar-refractivity contribution in [3.05, 3.63) is 71.3 Å². The third kappa shape index (κ3) is 4.33. The maximum Gasteiger partial charge on any atom is 0.256 e. The smallest absolute Gasteiger partial charge is 0.256 e. The zero-order chi connectivity index (χ0) is 18.8. The summed E-state index contributed by atoms with van der Waals surface area (Å²) >= 11 is 15.3. The van der Waals surface area contributed by atoms with Crippen LogP contribution >= 0.6 is 66.1 Å². The van der Waals surface area contributed by atoms with Crippen molar-refractivity contribution in [3.63, 3.8) is 0 Å². The molecule has 0 bridgehead atoms. The maximum atomic E-state index is 12.6. The van der Waals surface area contributed by atoms with Gasteiger partial charge < -0.3 is 14.8 Å². The van der Waals surface area contributed by atoms with E-state index in [0.717, 1.165) is 12.5 Å². The topological polar surface area (TPSA) is 62.5 Å². The van der Waals surface area contributed by atoms with E-state index in [2.05, 4.69) is 59.8 Å². The number of benzene rings is 2. The first-order valence-corrected chi connectivity index (χ1v) is 10.4. The van der Waals surface area contributed by atoms with E-state index in [4.69, 9.17) is 21.1 Å². The third-order valence-corrected chi connectivity index (χ3v) is 6.85. The number of halogens is 4. The predicted molar refractivity (Wildman–Crippen MR) is 118 cm³/mol. The lowest BCUT2D eigenvalue weighted by Crippen LogP contribution is -2.13. The summed E-state index contributed by atoms with van der Waals surface area (Å²) < 4.78 is 7.96. The number of carbonyl (C=O) groups excluding carboxylic acids is 1. The lowest BCUT2D eigenvalue weighted by Gasteiger charge is -2.10. The summed E-state index contributed by atoms with van der Waals surface area (Å²) in [5.74, 6) is 0.784. The van der Waals surface area contributed by atoms with Gasteiger partial charge in [0.1, 0.15) is 18.1 Å². The molecule has 2 aromatic carbocycles. The van der Waals surface area contributed by atoms with Crippen molar-refractivity contribution in [2.24, 2.45) is 0 Å². The molecule has 8 heteroatoms. The number of furan rings is 1. The number of amides is 1. The molecule has 2 N–H and O–H groups in total. The second kappa shape index (κ2) is 8.43. The van der Waals surface area contributed by atoms with Gasteiger partial charge in [-0.05, 0) is 81.0 Å². The molecule has 134 valence electrons. The summed E-state index contributed by atoms with van der Waals surface area (Å²) in [6, 6.07) is 12.3. The van der Waals surface area contributed by atoms with Crippen LogP contribution in [0.5, 0.6) is 0 Å². The fourth-order valence-electron chi connectivity index (χ4n) is 2.32. The molecule has 3 aromatic rings. The maximum absolute atomic E-state index is 12.6. The highest BCUT2D eigenvalue weighted by Gasteiger charge is 2.15. The molecule has 1 aromatic heterocycles. The van der Waals surface area contributed by atoms with E-state index >= 15 is 0 Å². The number of hydrogen-bond donors (Lipinski definition) is 2. The minimum atomic E-state index is -0.235. The number of aliphatic hydroxyl groups excluding tert-OH is 1. The fraction of sp³-hybridized carbons (Fsp3) is 0.0556. The van der Waals surface area contributed by atoms with Crippen LogP contribution in [0.2, 0.25) is 5.02 Å². The summed E-state index contributed by atoms with van der Waals surface area (Å²) in [5, 5.41) is 12.4. The van der Waals surface area contributed by atoms with Gasteiger partial charge in [-0.15, -0.1) is 0 Å². The van der Waals surface area contributed by atoms with Crippen molar-refractivity contribution in [1.29, 1.82) is 0 Å². The van der Waals surface area contributed by atoms with Crippen LogP contribution in [0.25, 0.3) is 11.3 Å². The van der Waals surface area contributed by atoms with Crippen LogP contribution in [-0.2, 0) is 6.61 Å². The third-order valence-electron chi connectivity index (χ3n) is 3.55. The van der Waals surface area contributed by atoms with Gasteiger partial charge in [0.05, 0.1) is 10.6 Å². The molecule has 0 aliphatic rings. The Hall–Kier alpha value is -0.870. The lowest BCUT2D eigenvalue weighted by atomic mass is 10.1. The molecule has 0 saturated heterocycles. The van der Waals surface area contributed by atoms with E-state index in [1.807, 2.05) is 6.07 Å². The van der Waals surface area contributed by atoms with Gasteiger partial charge in [-0.25, -0.2) is 0 Å². The highest BCUT2D eigenvalue weighted by molar-refractivity contribution is 14.1. The summed E-state index contributed by atoms with van der Waals surface area (Å²) in [6.45, 7) is -0.174. The molecule has 1 heterocycles. The molecule has 26 heavy (non-hydrogen) atoms. The van der Waals surface area contributed by atoms with Gasteiger partial charge in [0.25, 0.3) is 5.91 Å². The van der Waals surface area contributed by atoms with E-state index < -0.39 is 0 Å². The number of hydrogen-bond acceptors (Lipinski definition) is 3. The normalized spacial score (nSPS) is 10.8. The highest BCUT2D eigenvalue weighted by Crippen LogP contribution is 2.32. The Bertz CT molecular complexity index is 991. The number of aliphatic hydroxyl groups is 1. The second-order valence-corrected chi connectivity index (χ2v) is 8.58. The van der Waals surface area contributed by atoms with Gasteiger partial charge in [0.15, 0.2) is 0 Å². The quantitative estimate of drug-likeness (QED) is 0.263. The van der Waals surface area contributed by atoms with Crippen LogP contribution in [0.3, 0.4) is 0 Å². The van der Waals surface area contributed by atoms with Gasteiger partial charge in [-0.2, -0.15) is 0 Å². The Morgan fingerprint density at radius 2 is 1.96 bits per heavy atom. The standard InChI is InChI=1S/C18H11Br2ClINO3/c19-9-5-13(17(22)14(20)6-9)18(25)23-10-1-3-12(15(21)7-10)16-4-2-11(8-24)26-16/h1-7,24H,8H2,(H,23,25). The zero-order valence-corrected chi connectivity index (χ0v) is 19.1. The monoisotopic (exact) mass is 609 g/mol. The first-order valence-electron chi connectivity index (χ1n) is 7.34. The van der Waals surface area contributed by atoms with Gasteiger partial charge in [-0.1, -0.05) is 27.5 Å². The van der Waals surface area contributed by atoms with Crippen LogP contribution < -0.4 is 5.32 Å². The molecule has 0 aliphatic carbocycles. The molecule has 0 radical (unpaired) electrons. The van der Waals surface area contributed by atoms with Crippen LogP contribution in [-0.4, -0.2) is 11.0 Å². The molecule has 0 fully saturated rings. The molecule has 1 amide bonds. The van der Waals surface area contributed by atoms with Crippen molar-refractivity contribution in [2.75, 3.05) is 5.32 Å². The largest absolute Gasteiger partial charge is 0.459 e. The number of nitrogens with one attached hydrogen (secondary N) is 1. The fourth-order valence-corrected chi connectivity index (χ4v) is 4.38. The van der Waals surface area contributed by atoms with E-state index in [-0.39, 0.29) is 12.5 Å². The number of carbonyl (C=O) groups is 1. The number of anilines is 1. The molecule has 0 atom stereocenters. The minimum absolute atomic E-state index is 0.174. The van der Waals surface area contributed by atoms with E-state index in [1.165, 1.54) is 0 Å². The lowest BCUT2D eigenvalue weighted by molar-refractivity contribution is 0.102. The summed E-state index contributed by atoms with van der Waals surface area (Å²) in [7, 11) is 0. The first kappa shape index (κ1) is 19.9. The van der Waals surface area contributed by atoms with Gasteiger partial charge >= 0.3 is 0 Å².